The molecule has 0 radical (unpaired) electrons. The van der Waals surface area contributed by atoms with Crippen LogP contribution in [0, 0.1) is 5.82 Å². The number of hydrogen-bond acceptors (Lipinski definition) is 5. The zero-order valence-electron chi connectivity index (χ0n) is 16.2. The summed E-state index contributed by atoms with van der Waals surface area (Å²) in [6.45, 7) is 2.52. The maximum absolute atomic E-state index is 14.3. The van der Waals surface area contributed by atoms with Gasteiger partial charge in [0, 0.05) is 18.8 Å². The number of hydrogen-bond donors (Lipinski definition) is 0. The van der Waals surface area contributed by atoms with Gasteiger partial charge in [-0.15, -0.1) is 0 Å². The van der Waals surface area contributed by atoms with Crippen molar-refractivity contribution in [2.45, 2.75) is 32.2 Å². The highest BCUT2D eigenvalue weighted by atomic mass is 19.1. The van der Waals surface area contributed by atoms with Crippen molar-refractivity contribution in [3.8, 4) is 11.5 Å². The molecule has 0 spiro atoms. The Morgan fingerprint density at radius 1 is 1.31 bits per heavy atom. The molecule has 29 heavy (non-hydrogen) atoms. The summed E-state index contributed by atoms with van der Waals surface area (Å²) in [5.41, 5.74) is 0.513. The van der Waals surface area contributed by atoms with Gasteiger partial charge in [-0.05, 0) is 62.1 Å². The van der Waals surface area contributed by atoms with Gasteiger partial charge >= 0.3 is 5.97 Å². The number of amides is 1. The summed E-state index contributed by atoms with van der Waals surface area (Å²) in [4.78, 5) is 30.1. The Kier molecular flexibility index (Phi) is 6.94. The van der Waals surface area contributed by atoms with E-state index in [1.807, 2.05) is 0 Å². The van der Waals surface area contributed by atoms with Crippen molar-refractivity contribution in [3.63, 3.8) is 0 Å². The third-order valence-electron chi connectivity index (χ3n) is 4.58. The number of nitrogens with zero attached hydrogens (tertiary/aromatic N) is 2. The molecule has 1 aromatic heterocycles. The van der Waals surface area contributed by atoms with Crippen molar-refractivity contribution in [1.82, 2.24) is 9.88 Å². The van der Waals surface area contributed by atoms with Crippen molar-refractivity contribution in [2.24, 2.45) is 0 Å². The summed E-state index contributed by atoms with van der Waals surface area (Å²) >= 11 is 0. The third kappa shape index (κ3) is 5.40. The van der Waals surface area contributed by atoms with E-state index in [0.717, 1.165) is 12.8 Å². The molecule has 1 aromatic carbocycles. The Labute approximate surface area is 169 Å². The van der Waals surface area contributed by atoms with Crippen molar-refractivity contribution in [2.75, 3.05) is 13.2 Å². The fourth-order valence-corrected chi connectivity index (χ4v) is 3.18. The lowest BCUT2D eigenvalue weighted by molar-refractivity contribution is -0.155. The van der Waals surface area contributed by atoms with Gasteiger partial charge in [-0.1, -0.05) is 6.07 Å². The van der Waals surface area contributed by atoms with E-state index in [4.69, 9.17) is 9.47 Å². The van der Waals surface area contributed by atoms with E-state index in [0.29, 0.717) is 24.3 Å². The molecule has 1 atom stereocenters. The molecule has 3 rings (SSSR count). The zero-order valence-corrected chi connectivity index (χ0v) is 16.2. The molecular weight excluding hydrogens is 375 g/mol. The molecule has 0 bridgehead atoms. The fraction of sp³-hybridized carbons (Fsp3) is 0.318. The summed E-state index contributed by atoms with van der Waals surface area (Å²) in [7, 11) is 0. The number of pyridine rings is 1. The van der Waals surface area contributed by atoms with Gasteiger partial charge in [0.15, 0.2) is 11.6 Å². The fourth-order valence-electron chi connectivity index (χ4n) is 3.18. The molecule has 1 fully saturated rings. The minimum Gasteiger partial charge on any atom is -0.464 e. The Balaban J connectivity index is 1.67. The highest BCUT2D eigenvalue weighted by Gasteiger charge is 2.32. The van der Waals surface area contributed by atoms with E-state index >= 15 is 0 Å². The van der Waals surface area contributed by atoms with Gasteiger partial charge in [-0.2, -0.15) is 0 Å². The number of halogens is 1. The minimum atomic E-state index is -0.562. The molecule has 0 aliphatic carbocycles. The second-order valence-corrected chi connectivity index (χ2v) is 6.61. The number of piperidine rings is 1. The largest absolute Gasteiger partial charge is 0.464 e. The van der Waals surface area contributed by atoms with Crippen LogP contribution in [0.3, 0.4) is 0 Å². The van der Waals surface area contributed by atoms with Crippen LogP contribution in [0.1, 0.15) is 31.7 Å². The Morgan fingerprint density at radius 3 is 2.90 bits per heavy atom. The first-order valence-corrected chi connectivity index (χ1v) is 9.61. The maximum Gasteiger partial charge on any atom is 0.328 e. The lowest BCUT2D eigenvalue weighted by Gasteiger charge is -2.33. The van der Waals surface area contributed by atoms with Gasteiger partial charge in [0.05, 0.1) is 12.8 Å². The van der Waals surface area contributed by atoms with Gasteiger partial charge in [-0.25, -0.2) is 9.18 Å². The third-order valence-corrected chi connectivity index (χ3v) is 4.58. The van der Waals surface area contributed by atoms with Crippen LogP contribution in [0.15, 0.2) is 48.8 Å². The van der Waals surface area contributed by atoms with Gasteiger partial charge in [-0.3, -0.25) is 9.78 Å². The molecule has 0 N–H and O–H groups in total. The van der Waals surface area contributed by atoms with Gasteiger partial charge in [0.25, 0.3) is 0 Å². The lowest BCUT2D eigenvalue weighted by atomic mass is 10.0. The highest BCUT2D eigenvalue weighted by molar-refractivity contribution is 5.94. The molecular formula is C22H23FN2O4. The quantitative estimate of drug-likeness (QED) is 0.544. The average Bonchev–Trinajstić information content (AvgIpc) is 2.74. The van der Waals surface area contributed by atoms with E-state index in [-0.39, 0.29) is 24.2 Å². The monoisotopic (exact) mass is 398 g/mol. The van der Waals surface area contributed by atoms with E-state index in [1.54, 1.807) is 31.3 Å². The van der Waals surface area contributed by atoms with Gasteiger partial charge in [0.2, 0.25) is 5.91 Å². The SMILES string of the molecule is CCOC(=O)C1CCCCN1C(=O)/C=C/c1ccc(Oc2cccnc2)c(F)c1. The summed E-state index contributed by atoms with van der Waals surface area (Å²) in [6.07, 6.45) is 8.27. The number of esters is 1. The van der Waals surface area contributed by atoms with Crippen LogP contribution in [0.2, 0.25) is 0 Å². The Bertz CT molecular complexity index is 886. The van der Waals surface area contributed by atoms with Crippen molar-refractivity contribution < 1.29 is 23.5 Å². The van der Waals surface area contributed by atoms with Gasteiger partial charge in [0.1, 0.15) is 11.8 Å². The molecule has 7 heteroatoms. The molecule has 1 aliphatic rings. The first kappa shape index (κ1) is 20.5. The molecule has 2 aromatic rings. The summed E-state index contributed by atoms with van der Waals surface area (Å²) < 4.78 is 24.9. The highest BCUT2D eigenvalue weighted by Crippen LogP contribution is 2.25. The van der Waals surface area contributed by atoms with Crippen LogP contribution in [-0.4, -0.2) is 41.0 Å². The maximum atomic E-state index is 14.3. The molecule has 6 nitrogen and oxygen atoms in total. The minimum absolute atomic E-state index is 0.0693. The predicted octanol–water partition coefficient (Wildman–Crippen LogP) is 3.97. The normalized spacial score (nSPS) is 16.6. The smallest absolute Gasteiger partial charge is 0.328 e. The number of likely N-dealkylation sites (tertiary alicyclic amines) is 1. The van der Waals surface area contributed by atoms with E-state index in [2.05, 4.69) is 4.98 Å². The number of rotatable bonds is 6. The Morgan fingerprint density at radius 2 is 2.17 bits per heavy atom. The van der Waals surface area contributed by atoms with E-state index in [9.17, 15) is 14.0 Å². The van der Waals surface area contributed by atoms with Crippen molar-refractivity contribution in [1.29, 1.82) is 0 Å². The Hall–Kier alpha value is -3.22. The molecule has 0 saturated carbocycles. The zero-order chi connectivity index (χ0) is 20.6. The standard InChI is InChI=1S/C22H23FN2O4/c1-2-28-22(27)19-7-3-4-13-25(19)21(26)11-9-16-8-10-20(18(23)14-16)29-17-6-5-12-24-15-17/h5-6,8-12,14-15,19H,2-4,7,13H2,1H3/b11-9+. The number of ether oxygens (including phenoxy) is 2. The number of benzene rings is 1. The predicted molar refractivity (Wildman–Crippen MR) is 106 cm³/mol. The molecule has 1 unspecified atom stereocenters. The lowest BCUT2D eigenvalue weighted by Crippen LogP contribution is -2.48. The van der Waals surface area contributed by atoms with Crippen LogP contribution in [0.25, 0.3) is 6.08 Å². The first-order chi connectivity index (χ1) is 14.1. The van der Waals surface area contributed by atoms with Crippen LogP contribution >= 0.6 is 0 Å². The number of aromatic nitrogens is 1. The second-order valence-electron chi connectivity index (χ2n) is 6.61. The number of carbonyl (C=O) groups is 2. The second kappa shape index (κ2) is 9.82. The van der Waals surface area contributed by atoms with Crippen LogP contribution in [0.5, 0.6) is 11.5 Å². The van der Waals surface area contributed by atoms with Crippen molar-refractivity contribution >= 4 is 18.0 Å². The van der Waals surface area contributed by atoms with Gasteiger partial charge < -0.3 is 14.4 Å². The molecule has 1 amide bonds. The first-order valence-electron chi connectivity index (χ1n) is 9.61. The van der Waals surface area contributed by atoms with Crippen LogP contribution in [-0.2, 0) is 14.3 Å². The summed E-state index contributed by atoms with van der Waals surface area (Å²) in [5.74, 6) is -0.721. The van der Waals surface area contributed by atoms with Crippen LogP contribution < -0.4 is 4.74 Å². The van der Waals surface area contributed by atoms with Crippen molar-refractivity contribution in [3.05, 3.63) is 60.2 Å². The molecule has 1 saturated heterocycles. The topological polar surface area (TPSA) is 68.7 Å². The molecule has 1 aliphatic heterocycles. The van der Waals surface area contributed by atoms with E-state index in [1.165, 1.54) is 35.4 Å². The summed E-state index contributed by atoms with van der Waals surface area (Å²) in [5, 5.41) is 0. The number of carbonyl (C=O) groups excluding carboxylic acids is 2. The molecule has 2 heterocycles. The van der Waals surface area contributed by atoms with Crippen LogP contribution in [0.4, 0.5) is 4.39 Å². The average molecular weight is 398 g/mol. The molecule has 152 valence electrons. The summed E-state index contributed by atoms with van der Waals surface area (Å²) in [6, 6.07) is 7.24. The van der Waals surface area contributed by atoms with E-state index < -0.39 is 11.9 Å².